The first-order valence-corrected chi connectivity index (χ1v) is 7.04. The molecule has 0 aliphatic heterocycles. The first-order chi connectivity index (χ1) is 9.24. The fourth-order valence-electron chi connectivity index (χ4n) is 1.37. The molecule has 122 valence electrons. The monoisotopic (exact) mass is 409 g/mol. The summed E-state index contributed by atoms with van der Waals surface area (Å²) in [6, 6.07) is 0.344. The Labute approximate surface area is 144 Å². The minimum atomic E-state index is -0.128. The first kappa shape index (κ1) is 20.1. The summed E-state index contributed by atoms with van der Waals surface area (Å²) >= 11 is 0. The van der Waals surface area contributed by atoms with Crippen molar-refractivity contribution in [2.75, 3.05) is 7.05 Å². The van der Waals surface area contributed by atoms with Crippen LogP contribution in [0.3, 0.4) is 0 Å². The lowest BCUT2D eigenvalue weighted by molar-refractivity contribution is 0.318. The zero-order valence-corrected chi connectivity index (χ0v) is 16.4. The predicted octanol–water partition coefficient (Wildman–Crippen LogP) is 2.69. The molecule has 0 saturated carbocycles. The van der Waals surface area contributed by atoms with Gasteiger partial charge in [0.05, 0.1) is 6.54 Å². The summed E-state index contributed by atoms with van der Waals surface area (Å²) in [5, 5.41) is 10.5. The number of nitrogens with one attached hydrogen (secondary N) is 2. The van der Waals surface area contributed by atoms with Crippen LogP contribution in [0.5, 0.6) is 0 Å². The average Bonchev–Trinajstić information content (AvgIpc) is 2.82. The topological polar surface area (TPSA) is 75.3 Å². The van der Waals surface area contributed by atoms with E-state index in [9.17, 15) is 0 Å². The molecule has 1 unspecified atom stereocenters. The van der Waals surface area contributed by atoms with Crippen LogP contribution in [0, 0.1) is 5.92 Å². The summed E-state index contributed by atoms with van der Waals surface area (Å²) in [6.45, 7) is 13.1. The lowest BCUT2D eigenvalue weighted by Crippen LogP contribution is -2.44. The van der Waals surface area contributed by atoms with Gasteiger partial charge in [-0.05, 0) is 12.8 Å². The minimum Gasteiger partial charge on any atom is -0.354 e. The fourth-order valence-corrected chi connectivity index (χ4v) is 1.37. The number of rotatable bonds is 4. The molecule has 2 N–H and O–H groups in total. The van der Waals surface area contributed by atoms with Gasteiger partial charge in [-0.3, -0.25) is 4.99 Å². The fraction of sp³-hybridized carbons (Fsp3) is 0.786. The molecule has 0 fully saturated rings. The van der Waals surface area contributed by atoms with Crippen molar-refractivity contribution in [2.24, 2.45) is 10.9 Å². The molecule has 1 rings (SSSR count). The molecule has 0 saturated heterocycles. The van der Waals surface area contributed by atoms with Crippen LogP contribution in [0.15, 0.2) is 9.52 Å². The molecular weight excluding hydrogens is 381 g/mol. The Hall–Kier alpha value is -0.860. The van der Waals surface area contributed by atoms with Gasteiger partial charge in [0, 0.05) is 18.5 Å². The van der Waals surface area contributed by atoms with E-state index in [4.69, 9.17) is 4.52 Å². The van der Waals surface area contributed by atoms with Crippen LogP contribution in [-0.2, 0) is 12.0 Å². The molecule has 1 atom stereocenters. The van der Waals surface area contributed by atoms with E-state index in [0.717, 1.165) is 5.96 Å². The second-order valence-corrected chi connectivity index (χ2v) is 6.37. The van der Waals surface area contributed by atoms with Gasteiger partial charge in [-0.2, -0.15) is 4.98 Å². The Bertz CT molecular complexity index is 450. The first-order valence-electron chi connectivity index (χ1n) is 7.04. The number of hydrogen-bond acceptors (Lipinski definition) is 4. The van der Waals surface area contributed by atoms with Crippen molar-refractivity contribution in [2.45, 2.75) is 59.5 Å². The third kappa shape index (κ3) is 6.62. The van der Waals surface area contributed by atoms with Gasteiger partial charge in [0.1, 0.15) is 0 Å². The zero-order chi connectivity index (χ0) is 15.3. The highest BCUT2D eigenvalue weighted by molar-refractivity contribution is 14.0. The van der Waals surface area contributed by atoms with Gasteiger partial charge in [0.2, 0.25) is 5.89 Å². The van der Waals surface area contributed by atoms with E-state index >= 15 is 0 Å². The molecule has 0 bridgehead atoms. The molecule has 0 aromatic carbocycles. The predicted molar refractivity (Wildman–Crippen MR) is 96.0 cm³/mol. The maximum atomic E-state index is 5.25. The van der Waals surface area contributed by atoms with Crippen LogP contribution in [0.25, 0.3) is 0 Å². The summed E-state index contributed by atoms with van der Waals surface area (Å²) in [7, 11) is 1.75. The van der Waals surface area contributed by atoms with Crippen molar-refractivity contribution < 1.29 is 4.52 Å². The van der Waals surface area contributed by atoms with E-state index in [2.05, 4.69) is 46.5 Å². The number of aliphatic imine (C=N–C) groups is 1. The standard InChI is InChI=1S/C14H27N5O.HI/c1-9(2)10(3)17-13(15-7)16-8-11-18-12(20-19-11)14(4,5)6;/h9-10H,8H2,1-7H3,(H2,15,16,17);1H. The average molecular weight is 409 g/mol. The van der Waals surface area contributed by atoms with Crippen molar-refractivity contribution in [1.82, 2.24) is 20.8 Å². The van der Waals surface area contributed by atoms with Crippen molar-refractivity contribution in [3.63, 3.8) is 0 Å². The van der Waals surface area contributed by atoms with Crippen LogP contribution >= 0.6 is 24.0 Å². The van der Waals surface area contributed by atoms with Gasteiger partial charge in [-0.1, -0.05) is 39.8 Å². The van der Waals surface area contributed by atoms with Gasteiger partial charge < -0.3 is 15.2 Å². The number of aromatic nitrogens is 2. The van der Waals surface area contributed by atoms with Crippen LogP contribution < -0.4 is 10.6 Å². The zero-order valence-electron chi connectivity index (χ0n) is 14.0. The molecule has 1 heterocycles. The Morgan fingerprint density at radius 2 is 1.90 bits per heavy atom. The highest BCUT2D eigenvalue weighted by Crippen LogP contribution is 2.19. The van der Waals surface area contributed by atoms with Crippen LogP contribution in [0.2, 0.25) is 0 Å². The number of halogens is 1. The molecule has 7 heteroatoms. The summed E-state index contributed by atoms with van der Waals surface area (Å²) in [4.78, 5) is 8.57. The largest absolute Gasteiger partial charge is 0.354 e. The molecule has 1 aromatic rings. The summed E-state index contributed by atoms with van der Waals surface area (Å²) in [6.07, 6.45) is 0. The third-order valence-corrected chi connectivity index (χ3v) is 3.11. The number of nitrogens with zero attached hydrogens (tertiary/aromatic N) is 3. The summed E-state index contributed by atoms with van der Waals surface area (Å²) in [5.74, 6) is 2.56. The van der Waals surface area contributed by atoms with Crippen LogP contribution in [-0.4, -0.2) is 29.2 Å². The second kappa shape index (κ2) is 8.55. The molecule has 6 nitrogen and oxygen atoms in total. The summed E-state index contributed by atoms with van der Waals surface area (Å²) < 4.78 is 5.25. The van der Waals surface area contributed by atoms with Gasteiger partial charge >= 0.3 is 0 Å². The highest BCUT2D eigenvalue weighted by Gasteiger charge is 2.21. The van der Waals surface area contributed by atoms with Crippen molar-refractivity contribution in [1.29, 1.82) is 0 Å². The Kier molecular flexibility index (Phi) is 8.20. The third-order valence-electron chi connectivity index (χ3n) is 3.11. The van der Waals surface area contributed by atoms with E-state index in [-0.39, 0.29) is 29.4 Å². The van der Waals surface area contributed by atoms with Gasteiger partial charge in [-0.25, -0.2) is 0 Å². The normalized spacial score (nSPS) is 13.8. The van der Waals surface area contributed by atoms with Crippen molar-refractivity contribution >= 4 is 29.9 Å². The molecular formula is C14H28IN5O. The van der Waals surface area contributed by atoms with E-state index in [1.807, 2.05) is 20.8 Å². The molecule has 0 spiro atoms. The van der Waals surface area contributed by atoms with Crippen molar-refractivity contribution in [3.05, 3.63) is 11.7 Å². The molecule has 1 aromatic heterocycles. The van der Waals surface area contributed by atoms with E-state index in [1.54, 1.807) is 7.05 Å². The maximum Gasteiger partial charge on any atom is 0.232 e. The minimum absolute atomic E-state index is 0. The maximum absolute atomic E-state index is 5.25. The number of guanidine groups is 1. The summed E-state index contributed by atoms with van der Waals surface area (Å²) in [5.41, 5.74) is -0.128. The Balaban J connectivity index is 0.00000400. The molecule has 0 aliphatic carbocycles. The second-order valence-electron chi connectivity index (χ2n) is 6.37. The molecule has 21 heavy (non-hydrogen) atoms. The Morgan fingerprint density at radius 1 is 1.29 bits per heavy atom. The van der Waals surface area contributed by atoms with Gasteiger partial charge in [-0.15, -0.1) is 24.0 Å². The van der Waals surface area contributed by atoms with Gasteiger partial charge in [0.25, 0.3) is 0 Å². The molecule has 0 amide bonds. The quantitative estimate of drug-likeness (QED) is 0.455. The lowest BCUT2D eigenvalue weighted by Gasteiger charge is -2.20. The molecule has 0 aliphatic rings. The highest BCUT2D eigenvalue weighted by atomic mass is 127. The van der Waals surface area contributed by atoms with Crippen molar-refractivity contribution in [3.8, 4) is 0 Å². The SMILES string of the molecule is CN=C(NCc1noc(C(C)(C)C)n1)NC(C)C(C)C.I. The number of hydrogen-bond donors (Lipinski definition) is 2. The smallest absolute Gasteiger partial charge is 0.232 e. The van der Waals surface area contributed by atoms with E-state index in [0.29, 0.717) is 30.2 Å². The Morgan fingerprint density at radius 3 is 2.33 bits per heavy atom. The van der Waals surface area contributed by atoms with Crippen LogP contribution in [0.4, 0.5) is 0 Å². The van der Waals surface area contributed by atoms with E-state index in [1.165, 1.54) is 0 Å². The lowest BCUT2D eigenvalue weighted by atomic mass is 9.97. The van der Waals surface area contributed by atoms with Crippen LogP contribution in [0.1, 0.15) is 53.3 Å². The molecule has 0 radical (unpaired) electrons. The van der Waals surface area contributed by atoms with Gasteiger partial charge in [0.15, 0.2) is 11.8 Å². The van der Waals surface area contributed by atoms with E-state index < -0.39 is 0 Å².